The van der Waals surface area contributed by atoms with Gasteiger partial charge in [0.25, 0.3) is 0 Å². The molecule has 0 amide bonds. The van der Waals surface area contributed by atoms with Gasteiger partial charge in [0.05, 0.1) is 17.9 Å². The molecule has 19 heavy (non-hydrogen) atoms. The number of aromatic nitrogens is 2. The van der Waals surface area contributed by atoms with E-state index >= 15 is 0 Å². The molecule has 3 rings (SSSR count). The Labute approximate surface area is 110 Å². The average molecular weight is 255 g/mol. The van der Waals surface area contributed by atoms with Crippen LogP contribution < -0.4 is 0 Å². The van der Waals surface area contributed by atoms with Crippen molar-refractivity contribution >= 4 is 0 Å². The second kappa shape index (κ2) is 3.82. The van der Waals surface area contributed by atoms with E-state index in [1.807, 2.05) is 13.8 Å². The highest BCUT2D eigenvalue weighted by atomic mass is 16.5. The van der Waals surface area contributed by atoms with Gasteiger partial charge in [-0.1, -0.05) is 31.1 Å². The molecule has 1 aromatic carbocycles. The quantitative estimate of drug-likeness (QED) is 0.892. The molecular formula is C14H13N3O2. The van der Waals surface area contributed by atoms with Crippen molar-refractivity contribution < 1.29 is 9.63 Å². The molecule has 2 unspecified atom stereocenters. The molecule has 2 atom stereocenters. The van der Waals surface area contributed by atoms with E-state index in [-0.39, 0.29) is 23.0 Å². The molecule has 2 aromatic rings. The second-order valence-electron chi connectivity index (χ2n) is 5.41. The van der Waals surface area contributed by atoms with Gasteiger partial charge in [-0.15, -0.1) is 0 Å². The molecule has 0 spiro atoms. The van der Waals surface area contributed by atoms with Crippen LogP contribution in [-0.4, -0.2) is 15.2 Å². The van der Waals surface area contributed by atoms with Crippen molar-refractivity contribution in [2.45, 2.75) is 19.8 Å². The van der Waals surface area contributed by atoms with Crippen LogP contribution >= 0.6 is 0 Å². The van der Waals surface area contributed by atoms with Gasteiger partial charge in [0.2, 0.25) is 11.7 Å². The lowest BCUT2D eigenvalue weighted by Crippen LogP contribution is -1.90. The zero-order valence-corrected chi connectivity index (χ0v) is 10.7. The summed E-state index contributed by atoms with van der Waals surface area (Å²) >= 11 is 0. The number of phenols is 1. The van der Waals surface area contributed by atoms with Gasteiger partial charge in [0.1, 0.15) is 5.75 Å². The fourth-order valence-electron chi connectivity index (χ4n) is 2.46. The molecule has 1 heterocycles. The predicted molar refractivity (Wildman–Crippen MR) is 67.0 cm³/mol. The van der Waals surface area contributed by atoms with Gasteiger partial charge in [0.15, 0.2) is 0 Å². The van der Waals surface area contributed by atoms with Crippen LogP contribution in [0.25, 0.3) is 11.4 Å². The van der Waals surface area contributed by atoms with Crippen LogP contribution in [0, 0.1) is 22.7 Å². The molecule has 1 aliphatic rings. The Morgan fingerprint density at radius 1 is 1.42 bits per heavy atom. The molecule has 1 aromatic heterocycles. The molecule has 1 N–H and O–H groups in total. The van der Waals surface area contributed by atoms with Crippen LogP contribution in [0.3, 0.4) is 0 Å². The second-order valence-corrected chi connectivity index (χ2v) is 5.41. The summed E-state index contributed by atoms with van der Waals surface area (Å²) in [6.07, 6.45) is 0. The number of nitriles is 1. The number of aromatic hydroxyl groups is 1. The van der Waals surface area contributed by atoms with Crippen molar-refractivity contribution in [3.05, 3.63) is 30.2 Å². The van der Waals surface area contributed by atoms with Crippen LogP contribution in [0.1, 0.15) is 25.7 Å². The molecule has 0 bridgehead atoms. The number of hydrogen-bond acceptors (Lipinski definition) is 5. The third-order valence-electron chi connectivity index (χ3n) is 3.78. The van der Waals surface area contributed by atoms with E-state index < -0.39 is 0 Å². The molecule has 5 nitrogen and oxygen atoms in total. The topological polar surface area (TPSA) is 82.9 Å². The van der Waals surface area contributed by atoms with Crippen LogP contribution in [-0.2, 0) is 0 Å². The molecule has 0 aliphatic heterocycles. The fraction of sp³-hybridized carbons (Fsp3) is 0.357. The van der Waals surface area contributed by atoms with Gasteiger partial charge in [0, 0.05) is 5.56 Å². The van der Waals surface area contributed by atoms with Gasteiger partial charge in [-0.3, -0.25) is 0 Å². The van der Waals surface area contributed by atoms with E-state index in [1.54, 1.807) is 24.3 Å². The van der Waals surface area contributed by atoms with Crippen molar-refractivity contribution in [2.75, 3.05) is 0 Å². The van der Waals surface area contributed by atoms with Gasteiger partial charge in [-0.25, -0.2) is 0 Å². The highest BCUT2D eigenvalue weighted by Gasteiger charge is 2.62. The smallest absolute Gasteiger partial charge is 0.232 e. The molecule has 1 saturated carbocycles. The molecule has 0 saturated heterocycles. The van der Waals surface area contributed by atoms with E-state index in [9.17, 15) is 5.11 Å². The van der Waals surface area contributed by atoms with Crippen molar-refractivity contribution in [1.82, 2.24) is 10.1 Å². The minimum absolute atomic E-state index is 0.00365. The first kappa shape index (κ1) is 11.7. The molecule has 1 aliphatic carbocycles. The van der Waals surface area contributed by atoms with E-state index in [0.29, 0.717) is 17.3 Å². The zero-order chi connectivity index (χ0) is 13.6. The molecule has 1 fully saturated rings. The van der Waals surface area contributed by atoms with E-state index in [1.165, 1.54) is 0 Å². The summed E-state index contributed by atoms with van der Waals surface area (Å²) in [5.41, 5.74) is 0.583. The number of nitrogens with zero attached hydrogens (tertiary/aromatic N) is 3. The molecule has 5 heteroatoms. The van der Waals surface area contributed by atoms with Gasteiger partial charge in [-0.2, -0.15) is 10.2 Å². The Morgan fingerprint density at radius 2 is 2.21 bits per heavy atom. The first-order chi connectivity index (χ1) is 9.04. The Bertz CT molecular complexity index is 669. The first-order valence-electron chi connectivity index (χ1n) is 6.06. The standard InChI is InChI=1S/C14H13N3O2/c1-14(2)10(7-15)11(14)13-16-12(17-19-13)8-4-3-5-9(18)6-8/h3-6,10-11,18H,1-2H3. The summed E-state index contributed by atoms with van der Waals surface area (Å²) in [6.45, 7) is 4.04. The summed E-state index contributed by atoms with van der Waals surface area (Å²) < 4.78 is 5.26. The van der Waals surface area contributed by atoms with Gasteiger partial charge in [-0.05, 0) is 17.5 Å². The maximum atomic E-state index is 9.44. The Morgan fingerprint density at radius 3 is 2.84 bits per heavy atom. The third-order valence-corrected chi connectivity index (χ3v) is 3.78. The molecule has 96 valence electrons. The van der Waals surface area contributed by atoms with E-state index in [0.717, 1.165) is 0 Å². The minimum Gasteiger partial charge on any atom is -0.508 e. The Balaban J connectivity index is 1.92. The fourth-order valence-corrected chi connectivity index (χ4v) is 2.46. The van der Waals surface area contributed by atoms with Crippen molar-refractivity contribution in [1.29, 1.82) is 5.26 Å². The lowest BCUT2D eigenvalue weighted by Gasteiger charge is -1.96. The summed E-state index contributed by atoms with van der Waals surface area (Å²) in [6, 6.07) is 8.95. The number of phenolic OH excluding ortho intramolecular Hbond substituents is 1. The number of hydrogen-bond donors (Lipinski definition) is 1. The summed E-state index contributed by atoms with van der Waals surface area (Å²) in [7, 11) is 0. The summed E-state index contributed by atoms with van der Waals surface area (Å²) in [5, 5.41) is 22.4. The highest BCUT2D eigenvalue weighted by molar-refractivity contribution is 5.56. The van der Waals surface area contributed by atoms with E-state index in [2.05, 4.69) is 16.2 Å². The SMILES string of the molecule is CC1(C)C(C#N)C1c1nc(-c2cccc(O)c2)no1. The monoisotopic (exact) mass is 255 g/mol. The lowest BCUT2D eigenvalue weighted by atomic mass is 10.1. The van der Waals surface area contributed by atoms with Crippen molar-refractivity contribution in [2.24, 2.45) is 11.3 Å². The number of benzene rings is 1. The summed E-state index contributed by atoms with van der Waals surface area (Å²) in [5.74, 6) is 1.01. The van der Waals surface area contributed by atoms with Gasteiger partial charge >= 0.3 is 0 Å². The third kappa shape index (κ3) is 1.76. The largest absolute Gasteiger partial charge is 0.508 e. The van der Waals surface area contributed by atoms with Crippen molar-refractivity contribution in [3.8, 4) is 23.2 Å². The lowest BCUT2D eigenvalue weighted by molar-refractivity contribution is 0.368. The summed E-state index contributed by atoms with van der Waals surface area (Å²) in [4.78, 5) is 4.34. The maximum absolute atomic E-state index is 9.44. The Hall–Kier alpha value is -2.35. The minimum atomic E-state index is -0.114. The zero-order valence-electron chi connectivity index (χ0n) is 10.7. The van der Waals surface area contributed by atoms with Crippen molar-refractivity contribution in [3.63, 3.8) is 0 Å². The van der Waals surface area contributed by atoms with Gasteiger partial charge < -0.3 is 9.63 Å². The number of rotatable bonds is 2. The normalized spacial score (nSPS) is 23.8. The van der Waals surface area contributed by atoms with Crippen LogP contribution in [0.4, 0.5) is 0 Å². The predicted octanol–water partition coefficient (Wildman–Crippen LogP) is 2.71. The molecular weight excluding hydrogens is 242 g/mol. The van der Waals surface area contributed by atoms with Crippen LogP contribution in [0.2, 0.25) is 0 Å². The van der Waals surface area contributed by atoms with Crippen LogP contribution in [0.15, 0.2) is 28.8 Å². The first-order valence-corrected chi connectivity index (χ1v) is 6.06. The maximum Gasteiger partial charge on any atom is 0.232 e. The van der Waals surface area contributed by atoms with Crippen LogP contribution in [0.5, 0.6) is 5.75 Å². The molecule has 0 radical (unpaired) electrons. The average Bonchev–Trinajstić information content (AvgIpc) is 2.76. The Kier molecular flexibility index (Phi) is 2.36. The highest BCUT2D eigenvalue weighted by Crippen LogP contribution is 2.63. The van der Waals surface area contributed by atoms with E-state index in [4.69, 9.17) is 9.78 Å².